The first-order valence-corrected chi connectivity index (χ1v) is 16.6. The Bertz CT molecular complexity index is 1920. The van der Waals surface area contributed by atoms with Crippen LogP contribution in [0.25, 0.3) is 21.6 Å². The smallest absolute Gasteiger partial charge is 0.407 e. The van der Waals surface area contributed by atoms with Gasteiger partial charge >= 0.3 is 12.1 Å². The van der Waals surface area contributed by atoms with Crippen LogP contribution in [0.2, 0.25) is 0 Å². The topological polar surface area (TPSA) is 145 Å². The van der Waals surface area contributed by atoms with Crippen LogP contribution < -0.4 is 20.7 Å². The molecule has 3 amide bonds. The number of nitrogens with one attached hydrogen (secondary N) is 3. The first-order valence-electron chi connectivity index (χ1n) is 15.7. The molecule has 0 saturated heterocycles. The number of nitrogens with zero attached hydrogens (tertiary/aromatic N) is 1. The molecule has 5 rings (SSSR count). The number of benzene rings is 2. The molecular weight excluding hydrogens is 651 g/mol. The van der Waals surface area contributed by atoms with E-state index in [1.165, 1.54) is 42.7 Å². The van der Waals surface area contributed by atoms with Crippen LogP contribution in [0.1, 0.15) is 76.6 Å². The number of pyridine rings is 1. The van der Waals surface area contributed by atoms with Gasteiger partial charge in [-0.3, -0.25) is 9.59 Å². The van der Waals surface area contributed by atoms with Gasteiger partial charge in [0.15, 0.2) is 5.69 Å². The highest BCUT2D eigenvalue weighted by Gasteiger charge is 2.27. The van der Waals surface area contributed by atoms with Crippen LogP contribution in [-0.4, -0.2) is 54.7 Å². The van der Waals surface area contributed by atoms with E-state index in [1.54, 1.807) is 39.0 Å². The fraction of sp³-hybridized carbons (Fsp3) is 0.306. The Labute approximate surface area is 287 Å². The summed E-state index contributed by atoms with van der Waals surface area (Å²) in [6.07, 6.45) is 0.718. The number of amides is 3. The minimum atomic E-state index is -0.815. The van der Waals surface area contributed by atoms with Gasteiger partial charge in [-0.05, 0) is 86.2 Å². The molecule has 49 heavy (non-hydrogen) atoms. The number of methoxy groups -OCH3 is 1. The molecule has 0 aliphatic carbocycles. The van der Waals surface area contributed by atoms with Gasteiger partial charge in [0.2, 0.25) is 0 Å². The third-order valence-electron chi connectivity index (χ3n) is 7.43. The van der Waals surface area contributed by atoms with Gasteiger partial charge in [0.1, 0.15) is 22.9 Å². The predicted molar refractivity (Wildman–Crippen MR) is 184 cm³/mol. The zero-order chi connectivity index (χ0) is 35.3. The van der Waals surface area contributed by atoms with Crippen molar-refractivity contribution >= 4 is 40.9 Å². The van der Waals surface area contributed by atoms with Gasteiger partial charge in [0.05, 0.1) is 19.4 Å². The number of esters is 1. The summed E-state index contributed by atoms with van der Waals surface area (Å²) >= 11 is 1.50. The van der Waals surface area contributed by atoms with E-state index in [-0.39, 0.29) is 40.3 Å². The number of rotatable bonds is 9. The average molecular weight is 689 g/mol. The van der Waals surface area contributed by atoms with Crippen LogP contribution in [-0.2, 0) is 22.4 Å². The third-order valence-corrected chi connectivity index (χ3v) is 8.42. The molecule has 0 bridgehead atoms. The summed E-state index contributed by atoms with van der Waals surface area (Å²) in [6.45, 7) is 7.94. The van der Waals surface area contributed by atoms with Crippen LogP contribution in [0, 0.1) is 5.82 Å². The molecule has 256 valence electrons. The molecule has 1 aliphatic heterocycles. The lowest BCUT2D eigenvalue weighted by molar-refractivity contribution is 0.0521. The summed E-state index contributed by atoms with van der Waals surface area (Å²) in [5.74, 6) is -2.19. The lowest BCUT2D eigenvalue weighted by Gasteiger charge is -2.19. The third kappa shape index (κ3) is 8.23. The van der Waals surface area contributed by atoms with Crippen molar-refractivity contribution in [1.82, 2.24) is 15.6 Å². The first-order chi connectivity index (χ1) is 23.4. The lowest BCUT2D eigenvalue weighted by Crippen LogP contribution is -2.32. The highest BCUT2D eigenvalue weighted by atomic mass is 32.1. The maximum Gasteiger partial charge on any atom is 0.407 e. The van der Waals surface area contributed by atoms with E-state index >= 15 is 4.39 Å². The van der Waals surface area contributed by atoms with Crippen molar-refractivity contribution in [2.45, 2.75) is 52.7 Å². The molecule has 0 saturated carbocycles. The molecule has 2 aromatic heterocycles. The number of carbonyl (C=O) groups is 4. The van der Waals surface area contributed by atoms with E-state index in [0.717, 1.165) is 10.4 Å². The molecule has 0 spiro atoms. The Balaban J connectivity index is 1.54. The molecule has 0 fully saturated rings. The van der Waals surface area contributed by atoms with Gasteiger partial charge in [0, 0.05) is 46.6 Å². The number of thiophene rings is 1. The summed E-state index contributed by atoms with van der Waals surface area (Å²) in [7, 11) is 1.19. The van der Waals surface area contributed by atoms with E-state index in [9.17, 15) is 19.2 Å². The van der Waals surface area contributed by atoms with E-state index in [4.69, 9.17) is 14.2 Å². The number of hydrogen-bond acceptors (Lipinski definition) is 9. The maximum atomic E-state index is 15.4. The minimum absolute atomic E-state index is 0.00107. The van der Waals surface area contributed by atoms with Gasteiger partial charge in [-0.15, -0.1) is 11.3 Å². The van der Waals surface area contributed by atoms with Crippen molar-refractivity contribution in [2.24, 2.45) is 0 Å². The predicted octanol–water partition coefficient (Wildman–Crippen LogP) is 6.75. The standard InChI is InChI=1S/C36H37FN4O7S/c1-6-13-38-33(43)28-10-8-22(30(40-28)34(44)46-5)23-18-29-25(31-21(11-14-47-29)12-15-49-31)17-24(23)32(42)41-27-9-7-20(16-26(27)37)19-39-35(45)48-36(2,3)4/h7-10,12,15-18H,6,11,13-14,19H2,1-5H3,(H,38,43)(H,39,45)(H,41,42). The van der Waals surface area contributed by atoms with Gasteiger partial charge in [0.25, 0.3) is 11.8 Å². The van der Waals surface area contributed by atoms with E-state index < -0.39 is 35.3 Å². The zero-order valence-corrected chi connectivity index (χ0v) is 28.6. The van der Waals surface area contributed by atoms with E-state index in [1.807, 2.05) is 18.4 Å². The fourth-order valence-corrected chi connectivity index (χ4v) is 6.14. The fourth-order valence-electron chi connectivity index (χ4n) is 5.16. The van der Waals surface area contributed by atoms with Crippen molar-refractivity contribution < 1.29 is 37.8 Å². The second kappa shape index (κ2) is 14.9. The number of alkyl carbamates (subject to hydrolysis) is 1. The summed E-state index contributed by atoms with van der Waals surface area (Å²) in [5.41, 5.74) is 1.80. The number of halogens is 1. The number of fused-ring (bicyclic) bond motifs is 3. The number of carbonyl (C=O) groups excluding carboxylic acids is 4. The normalized spacial score (nSPS) is 12.0. The second-order valence-corrected chi connectivity index (χ2v) is 13.1. The summed E-state index contributed by atoms with van der Waals surface area (Å²) < 4.78 is 31.7. The molecule has 2 aromatic carbocycles. The van der Waals surface area contributed by atoms with Gasteiger partial charge in [-0.1, -0.05) is 13.0 Å². The Hall–Kier alpha value is -5.30. The highest BCUT2D eigenvalue weighted by molar-refractivity contribution is 7.13. The summed E-state index contributed by atoms with van der Waals surface area (Å²) in [6, 6.07) is 12.5. The van der Waals surface area contributed by atoms with Crippen LogP contribution in [0.4, 0.5) is 14.9 Å². The monoisotopic (exact) mass is 688 g/mol. The largest absolute Gasteiger partial charge is 0.493 e. The van der Waals surface area contributed by atoms with Crippen molar-refractivity contribution in [1.29, 1.82) is 0 Å². The quantitative estimate of drug-likeness (QED) is 0.164. The molecular formula is C36H37FN4O7S. The molecule has 0 unspecified atom stereocenters. The number of aromatic nitrogens is 1. The average Bonchev–Trinajstić information content (AvgIpc) is 3.47. The molecule has 0 radical (unpaired) electrons. The molecule has 0 atom stereocenters. The van der Waals surface area contributed by atoms with Crippen LogP contribution in [0.3, 0.4) is 0 Å². The number of hydrogen-bond donors (Lipinski definition) is 3. The molecule has 1 aliphatic rings. The Morgan fingerprint density at radius 1 is 0.980 bits per heavy atom. The Morgan fingerprint density at radius 2 is 1.78 bits per heavy atom. The SMILES string of the molecule is CCCNC(=O)c1ccc(-c2cc3c(cc2C(=O)Nc2ccc(CNC(=O)OC(C)(C)C)cc2F)-c2sccc2CCO3)c(C(=O)OC)n1. The van der Waals surface area contributed by atoms with Crippen molar-refractivity contribution in [3.05, 3.63) is 87.8 Å². The highest BCUT2D eigenvalue weighted by Crippen LogP contribution is 2.43. The van der Waals surface area contributed by atoms with E-state index in [2.05, 4.69) is 20.9 Å². The van der Waals surface area contributed by atoms with E-state index in [0.29, 0.717) is 42.9 Å². The van der Waals surface area contributed by atoms with Crippen molar-refractivity contribution in [3.63, 3.8) is 0 Å². The van der Waals surface area contributed by atoms with Gasteiger partial charge in [-0.25, -0.2) is 19.0 Å². The van der Waals surface area contributed by atoms with Gasteiger partial charge < -0.3 is 30.2 Å². The Morgan fingerprint density at radius 3 is 2.49 bits per heavy atom. The summed E-state index contributed by atoms with van der Waals surface area (Å²) in [5, 5.41) is 9.93. The number of ether oxygens (including phenoxy) is 3. The molecule has 4 aromatic rings. The molecule has 13 heteroatoms. The maximum absolute atomic E-state index is 15.4. The Kier molecular flexibility index (Phi) is 10.6. The molecule has 3 heterocycles. The van der Waals surface area contributed by atoms with Gasteiger partial charge in [-0.2, -0.15) is 0 Å². The summed E-state index contributed by atoms with van der Waals surface area (Å²) in [4.78, 5) is 57.2. The van der Waals surface area contributed by atoms with Crippen LogP contribution in [0.15, 0.2) is 53.9 Å². The van der Waals surface area contributed by atoms with Crippen LogP contribution >= 0.6 is 11.3 Å². The minimum Gasteiger partial charge on any atom is -0.493 e. The first kappa shape index (κ1) is 35.0. The second-order valence-electron chi connectivity index (χ2n) is 12.2. The van der Waals surface area contributed by atoms with Crippen molar-refractivity contribution in [3.8, 4) is 27.3 Å². The van der Waals surface area contributed by atoms with Crippen molar-refractivity contribution in [2.75, 3.05) is 25.6 Å². The molecule has 3 N–H and O–H groups in total. The zero-order valence-electron chi connectivity index (χ0n) is 27.8. The number of anilines is 1. The molecule has 11 nitrogen and oxygen atoms in total. The lowest BCUT2D eigenvalue weighted by atomic mass is 9.93. The van der Waals surface area contributed by atoms with Crippen LogP contribution in [0.5, 0.6) is 5.75 Å².